The fourth-order valence-corrected chi connectivity index (χ4v) is 1.09. The van der Waals surface area contributed by atoms with Crippen LogP contribution in [0.3, 0.4) is 0 Å². The molecule has 0 heterocycles. The first kappa shape index (κ1) is 10.0. The summed E-state index contributed by atoms with van der Waals surface area (Å²) in [6, 6.07) is 8.15. The molecule has 0 aliphatic carbocycles. The smallest absolute Gasteiger partial charge is 0.0340 e. The Bertz CT molecular complexity index is 230. The summed E-state index contributed by atoms with van der Waals surface area (Å²) in [5, 5.41) is 3.28. The number of nitrogens with two attached hydrogens (primary N) is 2. The first-order valence-corrected chi connectivity index (χ1v) is 4.59. The van der Waals surface area contributed by atoms with E-state index in [2.05, 4.69) is 5.32 Å². The topological polar surface area (TPSA) is 64.1 Å². The minimum Gasteiger partial charge on any atom is -0.385 e. The molecule has 0 aliphatic rings. The first-order chi connectivity index (χ1) is 6.36. The van der Waals surface area contributed by atoms with E-state index in [4.69, 9.17) is 11.5 Å². The molecule has 13 heavy (non-hydrogen) atoms. The molecular formula is C10H17N3. The lowest BCUT2D eigenvalue weighted by atomic mass is 10.2. The van der Waals surface area contributed by atoms with Gasteiger partial charge in [-0.2, -0.15) is 0 Å². The minimum absolute atomic E-state index is 0.600. The summed E-state index contributed by atoms with van der Waals surface area (Å²) in [6.07, 6.45) is 0.999. The molecule has 0 unspecified atom stereocenters. The highest BCUT2D eigenvalue weighted by molar-refractivity contribution is 5.44. The van der Waals surface area contributed by atoms with Gasteiger partial charge in [-0.1, -0.05) is 12.1 Å². The van der Waals surface area contributed by atoms with Gasteiger partial charge >= 0.3 is 0 Å². The van der Waals surface area contributed by atoms with Crippen LogP contribution in [0, 0.1) is 0 Å². The molecule has 0 radical (unpaired) electrons. The Morgan fingerprint density at radius 3 is 2.31 bits per heavy atom. The van der Waals surface area contributed by atoms with Gasteiger partial charge in [0.15, 0.2) is 0 Å². The van der Waals surface area contributed by atoms with Gasteiger partial charge in [-0.25, -0.2) is 0 Å². The van der Waals surface area contributed by atoms with Crippen LogP contribution >= 0.6 is 0 Å². The maximum atomic E-state index is 5.48. The van der Waals surface area contributed by atoms with E-state index in [0.29, 0.717) is 6.54 Å². The van der Waals surface area contributed by atoms with E-state index in [1.165, 1.54) is 0 Å². The van der Waals surface area contributed by atoms with Crippen LogP contribution in [0.5, 0.6) is 0 Å². The second-order valence-electron chi connectivity index (χ2n) is 2.97. The van der Waals surface area contributed by atoms with E-state index in [9.17, 15) is 0 Å². The Morgan fingerprint density at radius 2 is 1.77 bits per heavy atom. The van der Waals surface area contributed by atoms with E-state index >= 15 is 0 Å². The van der Waals surface area contributed by atoms with E-state index < -0.39 is 0 Å². The first-order valence-electron chi connectivity index (χ1n) is 4.59. The van der Waals surface area contributed by atoms with Crippen LogP contribution in [0.1, 0.15) is 12.0 Å². The normalized spacial score (nSPS) is 10.0. The summed E-state index contributed by atoms with van der Waals surface area (Å²) in [7, 11) is 0. The van der Waals surface area contributed by atoms with Crippen molar-refractivity contribution in [1.29, 1.82) is 0 Å². The summed E-state index contributed by atoms with van der Waals surface area (Å²) in [5.74, 6) is 0. The zero-order chi connectivity index (χ0) is 9.52. The van der Waals surface area contributed by atoms with E-state index in [-0.39, 0.29) is 0 Å². The Hall–Kier alpha value is -1.06. The zero-order valence-corrected chi connectivity index (χ0v) is 7.79. The predicted octanol–water partition coefficient (Wildman–Crippen LogP) is 0.906. The molecule has 5 N–H and O–H groups in total. The van der Waals surface area contributed by atoms with Gasteiger partial charge in [0.2, 0.25) is 0 Å². The third-order valence-electron chi connectivity index (χ3n) is 1.90. The average Bonchev–Trinajstić information content (AvgIpc) is 2.19. The van der Waals surface area contributed by atoms with Crippen molar-refractivity contribution in [3.8, 4) is 0 Å². The molecule has 0 saturated carbocycles. The fourth-order valence-electron chi connectivity index (χ4n) is 1.09. The molecule has 0 spiro atoms. The van der Waals surface area contributed by atoms with Crippen molar-refractivity contribution in [3.05, 3.63) is 29.8 Å². The Kier molecular flexibility index (Phi) is 4.29. The van der Waals surface area contributed by atoms with Crippen LogP contribution in [0.25, 0.3) is 0 Å². The third-order valence-corrected chi connectivity index (χ3v) is 1.90. The monoisotopic (exact) mass is 179 g/mol. The van der Waals surface area contributed by atoms with Gasteiger partial charge in [0.05, 0.1) is 0 Å². The Morgan fingerprint density at radius 1 is 1.08 bits per heavy atom. The molecule has 1 aromatic carbocycles. The van der Waals surface area contributed by atoms with Crippen LogP contribution in [-0.2, 0) is 6.54 Å². The van der Waals surface area contributed by atoms with Gasteiger partial charge < -0.3 is 16.8 Å². The molecule has 0 fully saturated rings. The van der Waals surface area contributed by atoms with Crippen molar-refractivity contribution < 1.29 is 0 Å². The number of nitrogens with one attached hydrogen (secondary N) is 1. The van der Waals surface area contributed by atoms with Crippen molar-refractivity contribution in [2.45, 2.75) is 13.0 Å². The molecule has 72 valence electrons. The molecule has 1 rings (SSSR count). The van der Waals surface area contributed by atoms with Crippen LogP contribution in [0.4, 0.5) is 5.69 Å². The molecule has 0 saturated heterocycles. The molecular weight excluding hydrogens is 162 g/mol. The van der Waals surface area contributed by atoms with Crippen molar-refractivity contribution in [2.24, 2.45) is 11.5 Å². The number of hydrogen-bond donors (Lipinski definition) is 3. The maximum absolute atomic E-state index is 5.48. The highest BCUT2D eigenvalue weighted by Crippen LogP contribution is 2.08. The van der Waals surface area contributed by atoms with Gasteiger partial charge in [0.1, 0.15) is 0 Å². The minimum atomic E-state index is 0.600. The summed E-state index contributed by atoms with van der Waals surface area (Å²) < 4.78 is 0. The quantitative estimate of drug-likeness (QED) is 0.589. The predicted molar refractivity (Wildman–Crippen MR) is 56.5 cm³/mol. The largest absolute Gasteiger partial charge is 0.385 e. The molecule has 1 aromatic rings. The Balaban J connectivity index is 2.40. The maximum Gasteiger partial charge on any atom is 0.0340 e. The van der Waals surface area contributed by atoms with Gasteiger partial charge in [-0.3, -0.25) is 0 Å². The molecule has 0 aliphatic heterocycles. The number of rotatable bonds is 5. The lowest BCUT2D eigenvalue weighted by Crippen LogP contribution is -2.08. The number of benzene rings is 1. The van der Waals surface area contributed by atoms with Crippen molar-refractivity contribution >= 4 is 5.69 Å². The lowest BCUT2D eigenvalue weighted by molar-refractivity contribution is 0.874. The van der Waals surface area contributed by atoms with Crippen molar-refractivity contribution in [2.75, 3.05) is 18.4 Å². The molecule has 0 aromatic heterocycles. The van der Waals surface area contributed by atoms with Gasteiger partial charge in [-0.05, 0) is 30.7 Å². The molecule has 0 amide bonds. The fraction of sp³-hybridized carbons (Fsp3) is 0.400. The van der Waals surface area contributed by atoms with Crippen LogP contribution in [0.2, 0.25) is 0 Å². The average molecular weight is 179 g/mol. The lowest BCUT2D eigenvalue weighted by Gasteiger charge is -2.05. The van der Waals surface area contributed by atoms with Crippen molar-refractivity contribution in [3.63, 3.8) is 0 Å². The second-order valence-corrected chi connectivity index (χ2v) is 2.97. The van der Waals surface area contributed by atoms with E-state index in [1.807, 2.05) is 24.3 Å². The van der Waals surface area contributed by atoms with E-state index in [1.54, 1.807) is 0 Å². The molecule has 3 heteroatoms. The SMILES string of the molecule is NCCCNc1ccc(CN)cc1. The zero-order valence-electron chi connectivity index (χ0n) is 7.79. The highest BCUT2D eigenvalue weighted by Gasteiger charge is 1.91. The molecule has 0 atom stereocenters. The summed E-state index contributed by atoms with van der Waals surface area (Å²) >= 11 is 0. The number of hydrogen-bond acceptors (Lipinski definition) is 3. The van der Waals surface area contributed by atoms with Crippen LogP contribution in [-0.4, -0.2) is 13.1 Å². The molecule has 3 nitrogen and oxygen atoms in total. The standard InChI is InChI=1S/C10H17N3/c11-6-1-7-13-10-4-2-9(8-12)3-5-10/h2-5,13H,1,6-8,11-12H2. The van der Waals surface area contributed by atoms with Crippen LogP contribution in [0.15, 0.2) is 24.3 Å². The highest BCUT2D eigenvalue weighted by atomic mass is 14.9. The van der Waals surface area contributed by atoms with Crippen LogP contribution < -0.4 is 16.8 Å². The third kappa shape index (κ3) is 3.44. The Labute approximate surface area is 79.1 Å². The summed E-state index contributed by atoms with van der Waals surface area (Å²) in [4.78, 5) is 0. The second kappa shape index (κ2) is 5.56. The number of anilines is 1. The van der Waals surface area contributed by atoms with Crippen molar-refractivity contribution in [1.82, 2.24) is 0 Å². The molecule has 0 bridgehead atoms. The summed E-state index contributed by atoms with van der Waals surface area (Å²) in [5.41, 5.74) is 13.2. The summed E-state index contributed by atoms with van der Waals surface area (Å²) in [6.45, 7) is 2.26. The van der Waals surface area contributed by atoms with Gasteiger partial charge in [0, 0.05) is 18.8 Å². The van der Waals surface area contributed by atoms with E-state index in [0.717, 1.165) is 30.8 Å². The van der Waals surface area contributed by atoms with Gasteiger partial charge in [-0.15, -0.1) is 0 Å². The van der Waals surface area contributed by atoms with Gasteiger partial charge in [0.25, 0.3) is 0 Å².